The van der Waals surface area contributed by atoms with Crippen LogP contribution in [0.25, 0.3) is 10.9 Å². The normalized spacial score (nSPS) is 16.5. The van der Waals surface area contributed by atoms with E-state index >= 15 is 0 Å². The van der Waals surface area contributed by atoms with Gasteiger partial charge in [0.1, 0.15) is 5.56 Å². The van der Waals surface area contributed by atoms with Crippen molar-refractivity contribution >= 4 is 28.6 Å². The van der Waals surface area contributed by atoms with E-state index in [1.807, 2.05) is 6.92 Å². The Hall–Kier alpha value is -1.89. The maximum absolute atomic E-state index is 13.4. The first kappa shape index (κ1) is 14.1. The molecule has 0 saturated heterocycles. The van der Waals surface area contributed by atoms with Gasteiger partial charge in [0.25, 0.3) is 0 Å². The van der Waals surface area contributed by atoms with Crippen LogP contribution in [0, 0.1) is 11.6 Å². The van der Waals surface area contributed by atoms with Gasteiger partial charge in [-0.2, -0.15) is 0 Å². The van der Waals surface area contributed by atoms with Crippen molar-refractivity contribution in [2.75, 3.05) is 6.61 Å². The standard InChI is InChI=1S/C14H11F2NO3S/c1-3-20-14(19)11-12(18)7-4-8(15)9(16)5-10(7)17-6(2)21-13(11)17/h4-6H,3H2,1-2H3/t6-/m1/s1. The van der Waals surface area contributed by atoms with E-state index in [9.17, 15) is 18.4 Å². The third-order valence-corrected chi connectivity index (χ3v) is 4.50. The van der Waals surface area contributed by atoms with Gasteiger partial charge in [0.15, 0.2) is 11.6 Å². The lowest BCUT2D eigenvalue weighted by atomic mass is 10.1. The zero-order chi connectivity index (χ0) is 15.3. The number of rotatable bonds is 2. The van der Waals surface area contributed by atoms with Gasteiger partial charge in [-0.15, -0.1) is 0 Å². The highest BCUT2D eigenvalue weighted by Crippen LogP contribution is 2.46. The SMILES string of the molecule is CCOC(=O)c1c2n(c3cc(F)c(F)cc3c1=O)[C@@H](C)S2. The molecule has 21 heavy (non-hydrogen) atoms. The lowest BCUT2D eigenvalue weighted by Gasteiger charge is -2.32. The summed E-state index contributed by atoms with van der Waals surface area (Å²) in [5.74, 6) is -2.88. The molecule has 4 nitrogen and oxygen atoms in total. The van der Waals surface area contributed by atoms with Gasteiger partial charge in [-0.05, 0) is 19.9 Å². The van der Waals surface area contributed by atoms with Crippen LogP contribution in [0.1, 0.15) is 29.6 Å². The highest BCUT2D eigenvalue weighted by atomic mass is 32.2. The third-order valence-electron chi connectivity index (χ3n) is 3.33. The molecular weight excluding hydrogens is 300 g/mol. The number of esters is 1. The zero-order valence-corrected chi connectivity index (χ0v) is 12.1. The van der Waals surface area contributed by atoms with Crippen molar-refractivity contribution in [3.8, 4) is 0 Å². The minimum atomic E-state index is -1.12. The van der Waals surface area contributed by atoms with Crippen LogP contribution in [0.2, 0.25) is 0 Å². The number of hydrogen-bond acceptors (Lipinski definition) is 4. The van der Waals surface area contributed by atoms with Crippen LogP contribution in [0.5, 0.6) is 0 Å². The molecule has 2 aromatic rings. The molecule has 0 amide bonds. The van der Waals surface area contributed by atoms with Gasteiger partial charge in [0.05, 0.1) is 22.5 Å². The van der Waals surface area contributed by atoms with Crippen molar-refractivity contribution in [2.45, 2.75) is 24.2 Å². The highest BCUT2D eigenvalue weighted by molar-refractivity contribution is 8.00. The molecular formula is C14H11F2NO3S. The molecule has 0 radical (unpaired) electrons. The summed E-state index contributed by atoms with van der Waals surface area (Å²) in [4.78, 5) is 24.4. The molecule has 0 spiro atoms. The first-order valence-electron chi connectivity index (χ1n) is 6.36. The minimum Gasteiger partial charge on any atom is -0.462 e. The summed E-state index contributed by atoms with van der Waals surface area (Å²) in [6.07, 6.45) is 0. The molecule has 110 valence electrons. The Balaban J connectivity index is 2.39. The Labute approximate surface area is 122 Å². The van der Waals surface area contributed by atoms with E-state index < -0.39 is 23.0 Å². The van der Waals surface area contributed by atoms with E-state index in [2.05, 4.69) is 0 Å². The second kappa shape index (κ2) is 4.84. The molecule has 0 saturated carbocycles. The summed E-state index contributed by atoms with van der Waals surface area (Å²) in [5.41, 5.74) is -0.459. The lowest BCUT2D eigenvalue weighted by molar-refractivity contribution is 0.0518. The van der Waals surface area contributed by atoms with Gasteiger partial charge in [-0.3, -0.25) is 4.79 Å². The number of carbonyl (C=O) groups is 1. The predicted octanol–water partition coefficient (Wildman–Crippen LogP) is 3.08. The molecule has 1 aliphatic rings. The number of fused-ring (bicyclic) bond motifs is 3. The van der Waals surface area contributed by atoms with Crippen molar-refractivity contribution in [3.05, 3.63) is 39.6 Å². The quantitative estimate of drug-likeness (QED) is 0.800. The maximum atomic E-state index is 13.4. The van der Waals surface area contributed by atoms with Crippen molar-refractivity contribution in [1.82, 2.24) is 4.57 Å². The fourth-order valence-electron chi connectivity index (χ4n) is 2.40. The van der Waals surface area contributed by atoms with E-state index in [1.165, 1.54) is 11.8 Å². The number of carbonyl (C=O) groups excluding carboxylic acids is 1. The summed E-state index contributed by atoms with van der Waals surface area (Å²) >= 11 is 1.32. The molecule has 0 fully saturated rings. The number of hydrogen-bond donors (Lipinski definition) is 0. The third kappa shape index (κ3) is 1.95. The molecule has 0 bridgehead atoms. The van der Waals surface area contributed by atoms with E-state index in [0.29, 0.717) is 5.03 Å². The predicted molar refractivity (Wildman–Crippen MR) is 74.6 cm³/mol. The first-order chi connectivity index (χ1) is 9.95. The molecule has 1 aliphatic heterocycles. The van der Waals surface area contributed by atoms with Gasteiger partial charge in [-0.1, -0.05) is 11.8 Å². The molecule has 1 aromatic carbocycles. The smallest absolute Gasteiger partial charge is 0.344 e. The van der Waals surface area contributed by atoms with Crippen molar-refractivity contribution in [2.24, 2.45) is 0 Å². The van der Waals surface area contributed by atoms with Crippen molar-refractivity contribution < 1.29 is 18.3 Å². The molecule has 1 aromatic heterocycles. The van der Waals surface area contributed by atoms with E-state index in [0.717, 1.165) is 12.1 Å². The summed E-state index contributed by atoms with van der Waals surface area (Å²) in [6, 6.07) is 1.82. The number of thioether (sulfide) groups is 1. The van der Waals surface area contributed by atoms with Gasteiger partial charge >= 0.3 is 5.97 Å². The van der Waals surface area contributed by atoms with Gasteiger partial charge in [0.2, 0.25) is 5.43 Å². The number of aromatic nitrogens is 1. The van der Waals surface area contributed by atoms with Crippen LogP contribution in [0.3, 0.4) is 0 Å². The number of halogens is 2. The Morgan fingerprint density at radius 1 is 1.38 bits per heavy atom. The Bertz CT molecular complexity index is 831. The number of nitrogens with zero attached hydrogens (tertiary/aromatic N) is 1. The Morgan fingerprint density at radius 3 is 2.67 bits per heavy atom. The number of ether oxygens (including phenoxy) is 1. The highest BCUT2D eigenvalue weighted by Gasteiger charge is 2.33. The fraction of sp³-hybridized carbons (Fsp3) is 0.286. The Morgan fingerprint density at radius 2 is 2.05 bits per heavy atom. The zero-order valence-electron chi connectivity index (χ0n) is 11.3. The first-order valence-corrected chi connectivity index (χ1v) is 7.24. The van der Waals surface area contributed by atoms with E-state index in [4.69, 9.17) is 4.74 Å². The lowest BCUT2D eigenvalue weighted by Crippen LogP contribution is -2.29. The van der Waals surface area contributed by atoms with Crippen LogP contribution in [-0.2, 0) is 4.74 Å². The molecule has 3 rings (SSSR count). The Kier molecular flexibility index (Phi) is 3.24. The average Bonchev–Trinajstić information content (AvgIpc) is 2.41. The monoisotopic (exact) mass is 311 g/mol. The molecule has 0 aliphatic carbocycles. The van der Waals surface area contributed by atoms with Crippen molar-refractivity contribution in [1.29, 1.82) is 0 Å². The summed E-state index contributed by atoms with van der Waals surface area (Å²) < 4.78 is 33.4. The van der Waals surface area contributed by atoms with Crippen LogP contribution in [0.15, 0.2) is 22.0 Å². The van der Waals surface area contributed by atoms with Crippen molar-refractivity contribution in [3.63, 3.8) is 0 Å². The van der Waals surface area contributed by atoms with Gasteiger partial charge in [0, 0.05) is 11.5 Å². The van der Waals surface area contributed by atoms with E-state index in [1.54, 1.807) is 11.5 Å². The molecule has 1 atom stereocenters. The second-order valence-electron chi connectivity index (χ2n) is 4.60. The van der Waals surface area contributed by atoms with Crippen LogP contribution in [0.4, 0.5) is 8.78 Å². The fourth-order valence-corrected chi connectivity index (χ4v) is 3.55. The van der Waals surface area contributed by atoms with Crippen LogP contribution < -0.4 is 5.43 Å². The maximum Gasteiger partial charge on any atom is 0.344 e. The summed E-state index contributed by atoms with van der Waals surface area (Å²) in [7, 11) is 0. The topological polar surface area (TPSA) is 48.3 Å². The molecule has 7 heteroatoms. The number of pyridine rings is 1. The second-order valence-corrected chi connectivity index (χ2v) is 5.91. The molecule has 2 heterocycles. The largest absolute Gasteiger partial charge is 0.462 e. The molecule has 0 N–H and O–H groups in total. The summed E-state index contributed by atoms with van der Waals surface area (Å²) in [6.45, 7) is 3.61. The van der Waals surface area contributed by atoms with Gasteiger partial charge in [-0.25, -0.2) is 13.6 Å². The molecule has 0 unspecified atom stereocenters. The van der Waals surface area contributed by atoms with E-state index in [-0.39, 0.29) is 28.4 Å². The minimum absolute atomic E-state index is 0.0205. The van der Waals surface area contributed by atoms with Crippen LogP contribution >= 0.6 is 11.8 Å². The number of benzene rings is 1. The average molecular weight is 311 g/mol. The summed E-state index contributed by atoms with van der Waals surface area (Å²) in [5, 5.41) is 0.346. The van der Waals surface area contributed by atoms with Crippen LogP contribution in [-0.4, -0.2) is 17.1 Å². The van der Waals surface area contributed by atoms with Gasteiger partial charge < -0.3 is 9.30 Å².